The van der Waals surface area contributed by atoms with Gasteiger partial charge in [-0.2, -0.15) is 0 Å². The number of rotatable bonds is 11. The third-order valence-electron chi connectivity index (χ3n) is 5.20. The van der Waals surface area contributed by atoms with Crippen molar-refractivity contribution in [3.8, 4) is 23.0 Å². The summed E-state index contributed by atoms with van der Waals surface area (Å²) in [6.07, 6.45) is -0.720. The Balaban J connectivity index is 2.54. The largest absolute Gasteiger partial charge is 0.508 e. The first-order valence-electron chi connectivity index (χ1n) is 10.5. The van der Waals surface area contributed by atoms with Gasteiger partial charge in [-0.3, -0.25) is 14.4 Å². The number of aliphatic carboxylic acids is 2. The minimum Gasteiger partial charge on any atom is -0.508 e. The van der Waals surface area contributed by atoms with Crippen molar-refractivity contribution in [2.45, 2.75) is 38.3 Å². The summed E-state index contributed by atoms with van der Waals surface area (Å²) in [5.41, 5.74) is 0.0251. The quantitative estimate of drug-likeness (QED) is 0.223. The summed E-state index contributed by atoms with van der Waals surface area (Å²) in [7, 11) is 0. The molecule has 2 rings (SSSR count). The molecule has 2 atom stereocenters. The van der Waals surface area contributed by atoms with Crippen molar-refractivity contribution in [3.05, 3.63) is 47.5 Å². The standard InChI is InChI=1S/C23H26N2O10/c1-2-15(21(32)24-8-7-19(29)30)25(22(33)13-10-17(27)20(31)18(28)11-13)16(23(34)35)9-12-3-5-14(26)6-4-12/h3-6,10-11,15-16,26-28,31H,2,7-9H2,1H3,(H,24,32)(H,29,30)(H,34,35). The van der Waals surface area contributed by atoms with Crippen molar-refractivity contribution in [2.24, 2.45) is 0 Å². The number of phenols is 4. The maximum Gasteiger partial charge on any atom is 0.326 e. The summed E-state index contributed by atoms with van der Waals surface area (Å²) in [6, 6.07) is 4.20. The van der Waals surface area contributed by atoms with Gasteiger partial charge in [-0.25, -0.2) is 4.79 Å². The Bertz CT molecular complexity index is 1080. The molecule has 2 unspecified atom stereocenters. The lowest BCUT2D eigenvalue weighted by atomic mass is 9.99. The molecule has 2 aromatic rings. The van der Waals surface area contributed by atoms with Crippen LogP contribution in [0.1, 0.15) is 35.7 Å². The number of carboxylic acids is 2. The number of carbonyl (C=O) groups excluding carboxylic acids is 2. The van der Waals surface area contributed by atoms with Crippen molar-refractivity contribution in [2.75, 3.05) is 6.54 Å². The molecule has 12 nitrogen and oxygen atoms in total. The normalized spacial score (nSPS) is 12.4. The lowest BCUT2D eigenvalue weighted by Crippen LogP contribution is -2.57. The van der Waals surface area contributed by atoms with E-state index in [2.05, 4.69) is 5.32 Å². The highest BCUT2D eigenvalue weighted by molar-refractivity contribution is 6.00. The molecule has 0 aliphatic heterocycles. The maximum atomic E-state index is 13.5. The van der Waals surface area contributed by atoms with E-state index in [0.717, 1.165) is 17.0 Å². The number of hydrogen-bond acceptors (Lipinski definition) is 8. The molecule has 12 heteroatoms. The molecule has 0 aliphatic carbocycles. The van der Waals surface area contributed by atoms with Crippen LogP contribution in [0.3, 0.4) is 0 Å². The van der Waals surface area contributed by atoms with E-state index >= 15 is 0 Å². The Morgan fingerprint density at radius 3 is 1.97 bits per heavy atom. The molecule has 7 N–H and O–H groups in total. The van der Waals surface area contributed by atoms with E-state index < -0.39 is 65.1 Å². The van der Waals surface area contributed by atoms with E-state index in [4.69, 9.17) is 5.11 Å². The first-order valence-corrected chi connectivity index (χ1v) is 10.5. The SMILES string of the molecule is CCC(C(=O)NCCC(=O)O)N(C(=O)c1cc(O)c(O)c(O)c1)C(Cc1ccc(O)cc1)C(=O)O. The van der Waals surface area contributed by atoms with Gasteiger partial charge in [-0.15, -0.1) is 0 Å². The number of carboxylic acid groups (broad SMARTS) is 2. The second-order valence-corrected chi connectivity index (χ2v) is 7.66. The monoisotopic (exact) mass is 490 g/mol. The van der Waals surface area contributed by atoms with Crippen LogP contribution in [0.2, 0.25) is 0 Å². The molecule has 0 aromatic heterocycles. The summed E-state index contributed by atoms with van der Waals surface area (Å²) in [4.78, 5) is 50.2. The van der Waals surface area contributed by atoms with Crippen molar-refractivity contribution in [3.63, 3.8) is 0 Å². The average Bonchev–Trinajstić information content (AvgIpc) is 2.79. The molecule has 0 spiro atoms. The fourth-order valence-corrected chi connectivity index (χ4v) is 3.46. The molecular formula is C23H26N2O10. The number of nitrogens with one attached hydrogen (secondary N) is 1. The van der Waals surface area contributed by atoms with Crippen molar-refractivity contribution in [1.29, 1.82) is 0 Å². The van der Waals surface area contributed by atoms with Gasteiger partial charge in [0.05, 0.1) is 6.42 Å². The molecule has 0 saturated heterocycles. The molecule has 0 radical (unpaired) electrons. The predicted molar refractivity (Wildman–Crippen MR) is 120 cm³/mol. The highest BCUT2D eigenvalue weighted by Gasteiger charge is 2.39. The Labute approximate surface area is 199 Å². The zero-order valence-corrected chi connectivity index (χ0v) is 18.7. The second-order valence-electron chi connectivity index (χ2n) is 7.66. The van der Waals surface area contributed by atoms with Crippen LogP contribution in [0.5, 0.6) is 23.0 Å². The zero-order chi connectivity index (χ0) is 26.3. The van der Waals surface area contributed by atoms with E-state index in [0.29, 0.717) is 5.56 Å². The number of phenolic OH excluding ortho intramolecular Hbond substituents is 4. The van der Waals surface area contributed by atoms with Crippen LogP contribution < -0.4 is 5.32 Å². The van der Waals surface area contributed by atoms with Crippen LogP contribution >= 0.6 is 0 Å². The molecular weight excluding hydrogens is 464 g/mol. The molecule has 0 saturated carbocycles. The van der Waals surface area contributed by atoms with Gasteiger partial charge in [0.15, 0.2) is 17.2 Å². The van der Waals surface area contributed by atoms with Crippen LogP contribution in [0, 0.1) is 0 Å². The topological polar surface area (TPSA) is 205 Å². The summed E-state index contributed by atoms with van der Waals surface area (Å²) < 4.78 is 0. The third kappa shape index (κ3) is 6.76. The number of hydrogen-bond donors (Lipinski definition) is 7. The molecule has 0 bridgehead atoms. The third-order valence-corrected chi connectivity index (χ3v) is 5.20. The van der Waals surface area contributed by atoms with E-state index in [1.807, 2.05) is 0 Å². The van der Waals surface area contributed by atoms with Crippen LogP contribution in [0.15, 0.2) is 36.4 Å². The maximum absolute atomic E-state index is 13.5. The summed E-state index contributed by atoms with van der Waals surface area (Å²) in [5, 5.41) is 59.9. The van der Waals surface area contributed by atoms with Crippen molar-refractivity contribution >= 4 is 23.8 Å². The van der Waals surface area contributed by atoms with Gasteiger partial charge in [0, 0.05) is 18.5 Å². The predicted octanol–water partition coefficient (Wildman–Crippen LogP) is 1.02. The fourth-order valence-electron chi connectivity index (χ4n) is 3.46. The molecule has 2 amide bonds. The van der Waals surface area contributed by atoms with E-state index in [1.54, 1.807) is 0 Å². The van der Waals surface area contributed by atoms with Crippen LogP contribution in [-0.2, 0) is 20.8 Å². The van der Waals surface area contributed by atoms with Crippen LogP contribution in [0.25, 0.3) is 0 Å². The summed E-state index contributed by atoms with van der Waals surface area (Å²) in [6.45, 7) is 1.26. The van der Waals surface area contributed by atoms with E-state index in [9.17, 15) is 44.7 Å². The second kappa shape index (κ2) is 11.6. The van der Waals surface area contributed by atoms with Gasteiger partial charge >= 0.3 is 11.9 Å². The fraction of sp³-hybridized carbons (Fsp3) is 0.304. The van der Waals surface area contributed by atoms with Gasteiger partial charge in [0.25, 0.3) is 5.91 Å². The van der Waals surface area contributed by atoms with Crippen molar-refractivity contribution in [1.82, 2.24) is 10.2 Å². The van der Waals surface area contributed by atoms with Gasteiger partial charge in [-0.05, 0) is 36.2 Å². The number of nitrogens with zero attached hydrogens (tertiary/aromatic N) is 1. The van der Waals surface area contributed by atoms with Gasteiger partial charge in [0.2, 0.25) is 5.91 Å². The van der Waals surface area contributed by atoms with Gasteiger partial charge in [0.1, 0.15) is 17.8 Å². The smallest absolute Gasteiger partial charge is 0.326 e. The number of amides is 2. The lowest BCUT2D eigenvalue weighted by Gasteiger charge is -2.35. The molecule has 0 fully saturated rings. The lowest BCUT2D eigenvalue weighted by molar-refractivity contribution is -0.144. The zero-order valence-electron chi connectivity index (χ0n) is 18.7. The van der Waals surface area contributed by atoms with Crippen LogP contribution in [-0.4, -0.2) is 77.9 Å². The molecule has 0 aliphatic rings. The van der Waals surface area contributed by atoms with Gasteiger partial charge in [-0.1, -0.05) is 19.1 Å². The number of aromatic hydroxyl groups is 4. The highest BCUT2D eigenvalue weighted by atomic mass is 16.4. The first kappa shape index (κ1) is 26.8. The molecule has 0 heterocycles. The summed E-state index contributed by atoms with van der Waals surface area (Å²) >= 11 is 0. The Morgan fingerprint density at radius 2 is 1.49 bits per heavy atom. The number of benzene rings is 2. The molecule has 188 valence electrons. The first-order chi connectivity index (χ1) is 16.5. The Hall–Kier alpha value is -4.48. The molecule has 2 aromatic carbocycles. The van der Waals surface area contributed by atoms with Crippen LogP contribution in [0.4, 0.5) is 0 Å². The molecule has 35 heavy (non-hydrogen) atoms. The summed E-state index contributed by atoms with van der Waals surface area (Å²) in [5.74, 6) is -7.09. The van der Waals surface area contributed by atoms with Crippen molar-refractivity contribution < 1.29 is 49.8 Å². The average molecular weight is 490 g/mol. The van der Waals surface area contributed by atoms with E-state index in [1.165, 1.54) is 31.2 Å². The number of carbonyl (C=O) groups is 4. The van der Waals surface area contributed by atoms with E-state index in [-0.39, 0.29) is 25.1 Å². The Morgan fingerprint density at radius 1 is 0.914 bits per heavy atom. The Kier molecular flexibility index (Phi) is 8.86. The van der Waals surface area contributed by atoms with Gasteiger partial charge < -0.3 is 40.9 Å². The minimum atomic E-state index is -1.61. The minimum absolute atomic E-state index is 0.0555. The highest BCUT2D eigenvalue weighted by Crippen LogP contribution is 2.36.